The first-order valence-corrected chi connectivity index (χ1v) is 26.2. The van der Waals surface area contributed by atoms with Crippen LogP contribution in [0.5, 0.6) is 0 Å². The lowest BCUT2D eigenvalue weighted by Crippen LogP contribution is -2.56. The summed E-state index contributed by atoms with van der Waals surface area (Å²) in [7, 11) is 3.40. The molecule has 0 spiro atoms. The Balaban J connectivity index is 1.06. The van der Waals surface area contributed by atoms with Crippen LogP contribution in [0.4, 0.5) is 0 Å². The Kier molecular flexibility index (Phi) is 18.8. The zero-order chi connectivity index (χ0) is 49.2. The Labute approximate surface area is 411 Å². The molecule has 370 valence electrons. The second-order valence-corrected chi connectivity index (χ2v) is 22.6. The predicted octanol–water partition coefficient (Wildman–Crippen LogP) is 4.87. The average Bonchev–Trinajstić information content (AvgIpc) is 3.64. The molecule has 10 atom stereocenters. The molecule has 4 aliphatic rings. The molecular formula is C52H72N6O8S2. The van der Waals surface area contributed by atoms with Crippen molar-refractivity contribution in [3.63, 3.8) is 0 Å². The molecule has 4 N–H and O–H groups in total. The normalized spacial score (nSPS) is 25.9. The lowest BCUT2D eigenvalue weighted by atomic mass is 9.79. The predicted molar refractivity (Wildman–Crippen MR) is 268 cm³/mol. The summed E-state index contributed by atoms with van der Waals surface area (Å²) in [6.45, 7) is 12.4. The summed E-state index contributed by atoms with van der Waals surface area (Å²) in [5.74, 6) is 5.96. The van der Waals surface area contributed by atoms with Crippen molar-refractivity contribution in [2.24, 2.45) is 10.8 Å². The van der Waals surface area contributed by atoms with Gasteiger partial charge in [0.1, 0.15) is 25.3 Å². The number of likely N-dealkylation sites (N-methyl/N-ethyl adjacent to an activating group) is 2. The van der Waals surface area contributed by atoms with E-state index in [1.807, 2.05) is 88.4 Å². The van der Waals surface area contributed by atoms with Crippen LogP contribution in [0, 0.1) is 22.7 Å². The lowest BCUT2D eigenvalue weighted by Gasteiger charge is -2.35. The third-order valence-corrected chi connectivity index (χ3v) is 16.5. The molecule has 14 nitrogen and oxygen atoms in total. The van der Waals surface area contributed by atoms with Crippen LogP contribution in [0.3, 0.4) is 0 Å². The van der Waals surface area contributed by atoms with Gasteiger partial charge in [0, 0.05) is 24.7 Å². The van der Waals surface area contributed by atoms with E-state index in [0.717, 1.165) is 11.1 Å². The molecule has 0 aromatic heterocycles. The molecule has 4 saturated heterocycles. The average molecular weight is 973 g/mol. The molecule has 4 heterocycles. The van der Waals surface area contributed by atoms with Crippen LogP contribution >= 0.6 is 23.5 Å². The third kappa shape index (κ3) is 12.9. The highest BCUT2D eigenvalue weighted by atomic mass is 32.2. The van der Waals surface area contributed by atoms with E-state index in [0.29, 0.717) is 37.2 Å². The highest BCUT2D eigenvalue weighted by Crippen LogP contribution is 2.49. The second-order valence-electron chi connectivity index (χ2n) is 20.0. The number of amides is 4. The van der Waals surface area contributed by atoms with Crippen LogP contribution in [-0.2, 0) is 38.2 Å². The van der Waals surface area contributed by atoms with Gasteiger partial charge >= 0.3 is 0 Å². The van der Waals surface area contributed by atoms with Crippen molar-refractivity contribution in [3.05, 3.63) is 71.8 Å². The Bertz CT molecular complexity index is 2000. The standard InChI is InChI=1S/C52H72N6O8S2/c1-33(53-7)47(61)55-39-21-25-67-43-29-51(3,4)45(57(43)49(39)63)41(59)27-37(35-17-11-9-12-18-35)31-65-23-15-16-24-66-32-38(36-19-13-10-14-20-36)28-42(60)46-52(5,6)30-44-58(46)50(64)40(22-26-68-44)56-48(62)34(2)54-8/h9-14,17-20,33-34,37-40,43-46,53-54H,21-32H2,1-8H3,(H,55,61)(H,56,62)/t33-,34-,37+,38+,39-,40-,43-,44-,45+,46+/m0/s1. The molecule has 2 aromatic carbocycles. The van der Waals surface area contributed by atoms with E-state index in [1.165, 1.54) is 0 Å². The van der Waals surface area contributed by atoms with Crippen molar-refractivity contribution < 1.29 is 38.2 Å². The number of hydrogen-bond acceptors (Lipinski definition) is 12. The van der Waals surface area contributed by atoms with Gasteiger partial charge in [-0.15, -0.1) is 23.5 Å². The molecule has 4 fully saturated rings. The molecule has 6 rings (SSSR count). The van der Waals surface area contributed by atoms with Gasteiger partial charge in [-0.25, -0.2) is 0 Å². The van der Waals surface area contributed by atoms with E-state index >= 15 is 0 Å². The van der Waals surface area contributed by atoms with E-state index < -0.39 is 47.1 Å². The molecule has 2 aromatic rings. The van der Waals surface area contributed by atoms with E-state index in [2.05, 4.69) is 33.1 Å². The van der Waals surface area contributed by atoms with Crippen molar-refractivity contribution in [2.45, 2.75) is 139 Å². The summed E-state index contributed by atoms with van der Waals surface area (Å²) in [6, 6.07) is 15.9. The Morgan fingerprint density at radius 1 is 0.647 bits per heavy atom. The summed E-state index contributed by atoms with van der Waals surface area (Å²) in [6.07, 6.45) is 2.69. The van der Waals surface area contributed by atoms with Gasteiger partial charge in [0.2, 0.25) is 23.6 Å². The number of Topliss-reactive ketones (excluding diaryl/α,β-unsaturated/α-hetero) is 2. The minimum absolute atomic E-state index is 0.0360. The van der Waals surface area contributed by atoms with Crippen LogP contribution < -0.4 is 21.3 Å². The number of thioether (sulfide) groups is 2. The molecule has 4 amide bonds. The number of nitrogens with one attached hydrogen (secondary N) is 4. The van der Waals surface area contributed by atoms with Crippen molar-refractivity contribution >= 4 is 58.7 Å². The fraction of sp³-hybridized carbons (Fsp3) is 0.615. The summed E-state index contributed by atoms with van der Waals surface area (Å²) >= 11 is 3.35. The number of fused-ring (bicyclic) bond motifs is 2. The van der Waals surface area contributed by atoms with E-state index in [4.69, 9.17) is 9.47 Å². The maximum atomic E-state index is 14.5. The smallest absolute Gasteiger partial charge is 0.246 e. The molecule has 0 unspecified atom stereocenters. The van der Waals surface area contributed by atoms with Crippen LogP contribution in [0.1, 0.15) is 103 Å². The topological polar surface area (TPSA) is 175 Å². The highest BCUT2D eigenvalue weighted by molar-refractivity contribution is 8.00. The number of nitrogens with zero attached hydrogens (tertiary/aromatic N) is 2. The Morgan fingerprint density at radius 3 is 1.37 bits per heavy atom. The van der Waals surface area contributed by atoms with E-state index in [9.17, 15) is 28.8 Å². The summed E-state index contributed by atoms with van der Waals surface area (Å²) < 4.78 is 12.2. The summed E-state index contributed by atoms with van der Waals surface area (Å²) in [5.41, 5.74) is 0.973. The van der Waals surface area contributed by atoms with Gasteiger partial charge in [0.15, 0.2) is 11.6 Å². The number of ether oxygens (including phenoxy) is 2. The zero-order valence-electron chi connectivity index (χ0n) is 41.0. The van der Waals surface area contributed by atoms with Crippen molar-refractivity contribution in [3.8, 4) is 11.8 Å². The first kappa shape index (κ1) is 53.1. The van der Waals surface area contributed by atoms with Crippen LogP contribution in [0.2, 0.25) is 0 Å². The molecule has 0 saturated carbocycles. The first-order chi connectivity index (χ1) is 32.5. The van der Waals surface area contributed by atoms with E-state index in [1.54, 1.807) is 61.3 Å². The SMILES string of the molecule is CN[C@@H](C)C(=O)N[C@H]1CCS[C@H]2CC(C)(C)[C@@H](C(=O)C[C@H](COCC#CCOC[C@@H](CC(=O)[C@H]3N4C(=O)[C@@H](NC(=O)[C@H](C)NC)CCS[C@H]4CC3(C)C)c3ccccc3)c3ccccc3)N2C1=O. The van der Waals surface area contributed by atoms with Crippen LogP contribution in [0.15, 0.2) is 60.7 Å². The van der Waals surface area contributed by atoms with Crippen molar-refractivity contribution in [2.75, 3.05) is 52.0 Å². The second kappa shape index (κ2) is 24.1. The van der Waals surface area contributed by atoms with Crippen LogP contribution in [-0.4, -0.2) is 144 Å². The molecular weight excluding hydrogens is 901 g/mol. The molecule has 4 aliphatic heterocycles. The van der Waals surface area contributed by atoms with Crippen LogP contribution in [0.25, 0.3) is 0 Å². The minimum atomic E-state index is -0.700. The molecule has 0 bridgehead atoms. The lowest BCUT2D eigenvalue weighted by molar-refractivity contribution is -0.143. The largest absolute Gasteiger partial charge is 0.368 e. The number of rotatable bonds is 20. The summed E-state index contributed by atoms with van der Waals surface area (Å²) in [4.78, 5) is 86.5. The van der Waals surface area contributed by atoms with Gasteiger partial charge in [-0.05, 0) is 87.1 Å². The Hall–Kier alpha value is -4.24. The molecule has 16 heteroatoms. The number of ketones is 2. The van der Waals surface area contributed by atoms with Gasteiger partial charge < -0.3 is 40.5 Å². The zero-order valence-corrected chi connectivity index (χ0v) is 42.6. The maximum absolute atomic E-state index is 14.5. The third-order valence-electron chi connectivity index (χ3n) is 14.0. The molecule has 0 aliphatic carbocycles. The highest BCUT2D eigenvalue weighted by Gasteiger charge is 2.56. The maximum Gasteiger partial charge on any atom is 0.246 e. The molecule has 0 radical (unpaired) electrons. The number of carbonyl (C=O) groups is 6. The van der Waals surface area contributed by atoms with Gasteiger partial charge in [0.05, 0.1) is 48.1 Å². The fourth-order valence-electron chi connectivity index (χ4n) is 10.1. The Morgan fingerprint density at radius 2 is 1.01 bits per heavy atom. The van der Waals surface area contributed by atoms with Gasteiger partial charge in [-0.1, -0.05) is 100 Å². The quantitative estimate of drug-likeness (QED) is 0.105. The molecule has 68 heavy (non-hydrogen) atoms. The van der Waals surface area contributed by atoms with Gasteiger partial charge in [0.25, 0.3) is 0 Å². The fourth-order valence-corrected chi connectivity index (χ4v) is 13.2. The monoisotopic (exact) mass is 972 g/mol. The van der Waals surface area contributed by atoms with Gasteiger partial charge in [-0.2, -0.15) is 0 Å². The van der Waals surface area contributed by atoms with Crippen molar-refractivity contribution in [1.82, 2.24) is 31.1 Å². The first-order valence-electron chi connectivity index (χ1n) is 24.1. The van der Waals surface area contributed by atoms with Crippen molar-refractivity contribution in [1.29, 1.82) is 0 Å². The number of benzene rings is 2. The van der Waals surface area contributed by atoms with Gasteiger partial charge in [-0.3, -0.25) is 28.8 Å². The van der Waals surface area contributed by atoms with E-state index in [-0.39, 0.29) is 97.0 Å². The number of carbonyl (C=O) groups excluding carboxylic acids is 6. The summed E-state index contributed by atoms with van der Waals surface area (Å²) in [5, 5.41) is 11.4. The number of hydrogen-bond donors (Lipinski definition) is 4. The minimum Gasteiger partial charge on any atom is -0.368 e.